The second-order valence-corrected chi connectivity index (χ2v) is 6.71. The summed E-state index contributed by atoms with van der Waals surface area (Å²) in [6.07, 6.45) is 1.52. The van der Waals surface area contributed by atoms with Crippen molar-refractivity contribution in [3.05, 3.63) is 93.2 Å². The van der Waals surface area contributed by atoms with Crippen LogP contribution in [0.5, 0.6) is 5.75 Å². The van der Waals surface area contributed by atoms with Gasteiger partial charge in [-0.3, -0.25) is 9.69 Å². The maximum atomic E-state index is 12.3. The third-order valence-electron chi connectivity index (χ3n) is 4.58. The second-order valence-electron chi connectivity index (χ2n) is 6.71. The van der Waals surface area contributed by atoms with Crippen LogP contribution in [0.1, 0.15) is 28.1 Å². The summed E-state index contributed by atoms with van der Waals surface area (Å²) in [6, 6.07) is 16.3. The number of hydrogen-bond acceptors (Lipinski definition) is 4. The minimum Gasteiger partial charge on any atom is -0.482 e. The highest BCUT2D eigenvalue weighted by atomic mass is 16.5. The Morgan fingerprint density at radius 2 is 1.92 bits per heavy atom. The number of rotatable bonds is 5. The predicted octanol–water partition coefficient (Wildman–Crippen LogP) is 3.17. The molecule has 5 nitrogen and oxygen atoms in total. The number of nitrogens with one attached hydrogen (secondary N) is 1. The van der Waals surface area contributed by atoms with E-state index >= 15 is 0 Å². The number of H-pyrrole nitrogens is 1. The Bertz CT molecular complexity index is 966. The van der Waals surface area contributed by atoms with Gasteiger partial charge in [0.05, 0.1) is 12.7 Å². The lowest BCUT2D eigenvalue weighted by Gasteiger charge is -2.14. The van der Waals surface area contributed by atoms with E-state index in [2.05, 4.69) is 40.0 Å². The van der Waals surface area contributed by atoms with Gasteiger partial charge in [-0.1, -0.05) is 54.1 Å². The number of fused-ring (bicyclic) bond motifs is 1. The van der Waals surface area contributed by atoms with Gasteiger partial charge in [-0.25, -0.2) is 4.98 Å². The fourth-order valence-corrected chi connectivity index (χ4v) is 3.26. The summed E-state index contributed by atoms with van der Waals surface area (Å²) in [5.74, 6) is 0.907. The number of hydrogen-bond donors (Lipinski definition) is 1. The molecule has 0 saturated heterocycles. The first-order valence-electron chi connectivity index (χ1n) is 8.73. The van der Waals surface area contributed by atoms with Gasteiger partial charge in [-0.05, 0) is 23.6 Å². The lowest BCUT2D eigenvalue weighted by atomic mass is 10.1. The standard InChI is InChI=1S/C21H21N3O2/c1-15-7-8-17-11-24(12-18(17)9-15)13-20-22-10-19(21(25)23-20)26-14-16-5-3-2-4-6-16/h2-10H,11-14H2,1H3,(H,22,23,25). The van der Waals surface area contributed by atoms with Crippen LogP contribution in [-0.4, -0.2) is 14.9 Å². The number of aromatic amines is 1. The summed E-state index contributed by atoms with van der Waals surface area (Å²) in [5, 5.41) is 0. The zero-order valence-electron chi connectivity index (χ0n) is 14.7. The molecule has 3 aromatic rings. The Hall–Kier alpha value is -2.92. The first-order valence-corrected chi connectivity index (χ1v) is 8.73. The van der Waals surface area contributed by atoms with Crippen molar-refractivity contribution in [3.8, 4) is 5.75 Å². The van der Waals surface area contributed by atoms with Gasteiger partial charge in [0.15, 0.2) is 0 Å². The molecule has 5 heteroatoms. The first-order chi connectivity index (χ1) is 12.7. The van der Waals surface area contributed by atoms with E-state index in [9.17, 15) is 4.79 Å². The van der Waals surface area contributed by atoms with Crippen LogP contribution in [-0.2, 0) is 26.2 Å². The molecule has 0 radical (unpaired) electrons. The summed E-state index contributed by atoms with van der Waals surface area (Å²) in [6.45, 7) is 4.84. The van der Waals surface area contributed by atoms with E-state index in [1.54, 1.807) is 0 Å². The van der Waals surface area contributed by atoms with Gasteiger partial charge in [0, 0.05) is 13.1 Å². The lowest BCUT2D eigenvalue weighted by Crippen LogP contribution is -2.21. The first kappa shape index (κ1) is 16.5. The average molecular weight is 347 g/mol. The van der Waals surface area contributed by atoms with Crippen LogP contribution in [0.2, 0.25) is 0 Å². The molecule has 4 rings (SSSR count). The van der Waals surface area contributed by atoms with E-state index in [0.717, 1.165) is 18.7 Å². The molecular weight excluding hydrogens is 326 g/mol. The molecule has 0 fully saturated rings. The summed E-state index contributed by atoms with van der Waals surface area (Å²) in [7, 11) is 0. The molecule has 1 N–H and O–H groups in total. The Kier molecular flexibility index (Phi) is 4.54. The molecule has 26 heavy (non-hydrogen) atoms. The zero-order valence-corrected chi connectivity index (χ0v) is 14.7. The highest BCUT2D eigenvalue weighted by Gasteiger charge is 2.19. The molecule has 1 aliphatic rings. The van der Waals surface area contributed by atoms with Gasteiger partial charge in [-0.15, -0.1) is 0 Å². The molecule has 0 amide bonds. The SMILES string of the molecule is Cc1ccc2c(c1)CN(Cc1ncc(OCc3ccccc3)c(=O)[nH]1)C2. The van der Waals surface area contributed by atoms with E-state index in [4.69, 9.17) is 4.74 Å². The summed E-state index contributed by atoms with van der Waals surface area (Å²) in [5.41, 5.74) is 4.76. The smallest absolute Gasteiger partial charge is 0.293 e. The van der Waals surface area contributed by atoms with Crippen LogP contribution in [0.15, 0.2) is 59.5 Å². The highest BCUT2D eigenvalue weighted by Crippen LogP contribution is 2.24. The Balaban J connectivity index is 1.40. The van der Waals surface area contributed by atoms with Crippen molar-refractivity contribution < 1.29 is 4.74 Å². The number of aryl methyl sites for hydroxylation is 1. The van der Waals surface area contributed by atoms with E-state index in [1.165, 1.54) is 22.9 Å². The fourth-order valence-electron chi connectivity index (χ4n) is 3.26. The molecule has 1 aromatic heterocycles. The van der Waals surface area contributed by atoms with Gasteiger partial charge in [0.2, 0.25) is 5.75 Å². The van der Waals surface area contributed by atoms with Crippen molar-refractivity contribution in [2.24, 2.45) is 0 Å². The monoisotopic (exact) mass is 347 g/mol. The minimum absolute atomic E-state index is 0.238. The molecule has 2 heterocycles. The van der Waals surface area contributed by atoms with Crippen molar-refractivity contribution in [2.75, 3.05) is 0 Å². The molecule has 132 valence electrons. The van der Waals surface area contributed by atoms with Crippen molar-refractivity contribution in [1.82, 2.24) is 14.9 Å². The van der Waals surface area contributed by atoms with Crippen LogP contribution in [0.4, 0.5) is 0 Å². The molecule has 1 aliphatic heterocycles. The van der Waals surface area contributed by atoms with Crippen LogP contribution < -0.4 is 10.3 Å². The topological polar surface area (TPSA) is 58.2 Å². The van der Waals surface area contributed by atoms with E-state index in [-0.39, 0.29) is 11.3 Å². The van der Waals surface area contributed by atoms with Crippen LogP contribution in [0, 0.1) is 6.92 Å². The van der Waals surface area contributed by atoms with Crippen LogP contribution in [0.3, 0.4) is 0 Å². The largest absolute Gasteiger partial charge is 0.482 e. The number of ether oxygens (including phenoxy) is 1. The fraction of sp³-hybridized carbons (Fsp3) is 0.238. The molecular formula is C21H21N3O2. The van der Waals surface area contributed by atoms with Gasteiger partial charge < -0.3 is 9.72 Å². The second kappa shape index (κ2) is 7.14. The van der Waals surface area contributed by atoms with E-state index < -0.39 is 0 Å². The molecule has 2 aromatic carbocycles. The van der Waals surface area contributed by atoms with Crippen molar-refractivity contribution in [1.29, 1.82) is 0 Å². The van der Waals surface area contributed by atoms with Crippen LogP contribution >= 0.6 is 0 Å². The Morgan fingerprint density at radius 1 is 1.12 bits per heavy atom. The van der Waals surface area contributed by atoms with Crippen molar-refractivity contribution in [3.63, 3.8) is 0 Å². The molecule has 0 unspecified atom stereocenters. The quantitative estimate of drug-likeness (QED) is 0.770. The number of benzene rings is 2. The van der Waals surface area contributed by atoms with Crippen molar-refractivity contribution >= 4 is 0 Å². The molecule has 0 aliphatic carbocycles. The molecule has 0 bridgehead atoms. The van der Waals surface area contributed by atoms with Crippen LogP contribution in [0.25, 0.3) is 0 Å². The normalized spacial score (nSPS) is 13.6. The zero-order chi connectivity index (χ0) is 17.9. The lowest BCUT2D eigenvalue weighted by molar-refractivity contribution is 0.265. The van der Waals surface area contributed by atoms with Gasteiger partial charge in [-0.2, -0.15) is 0 Å². The molecule has 0 atom stereocenters. The highest BCUT2D eigenvalue weighted by molar-refractivity contribution is 5.34. The third kappa shape index (κ3) is 3.68. The van der Waals surface area contributed by atoms with Crippen molar-refractivity contribution in [2.45, 2.75) is 33.2 Å². The summed E-state index contributed by atoms with van der Waals surface area (Å²) >= 11 is 0. The number of aromatic nitrogens is 2. The van der Waals surface area contributed by atoms with Gasteiger partial charge in [0.25, 0.3) is 5.56 Å². The van der Waals surface area contributed by atoms with Gasteiger partial charge >= 0.3 is 0 Å². The predicted molar refractivity (Wildman–Crippen MR) is 99.8 cm³/mol. The van der Waals surface area contributed by atoms with E-state index in [1.807, 2.05) is 30.3 Å². The maximum absolute atomic E-state index is 12.3. The minimum atomic E-state index is -0.238. The molecule has 0 spiro atoms. The van der Waals surface area contributed by atoms with E-state index in [0.29, 0.717) is 19.0 Å². The summed E-state index contributed by atoms with van der Waals surface area (Å²) < 4.78 is 5.59. The maximum Gasteiger partial charge on any atom is 0.293 e. The Morgan fingerprint density at radius 3 is 2.73 bits per heavy atom. The Labute approximate surface area is 152 Å². The number of nitrogens with zero attached hydrogens (tertiary/aromatic N) is 2. The third-order valence-corrected chi connectivity index (χ3v) is 4.58. The molecule has 0 saturated carbocycles. The van der Waals surface area contributed by atoms with Gasteiger partial charge in [0.1, 0.15) is 12.4 Å². The summed E-state index contributed by atoms with van der Waals surface area (Å²) in [4.78, 5) is 21.7. The average Bonchev–Trinajstić information content (AvgIpc) is 3.03.